The molecule has 108 valence electrons. The number of benzene rings is 1. The summed E-state index contributed by atoms with van der Waals surface area (Å²) in [7, 11) is 0. The maximum Gasteiger partial charge on any atom is 0.120 e. The van der Waals surface area contributed by atoms with Crippen LogP contribution in [0, 0.1) is 5.92 Å². The lowest BCUT2D eigenvalue weighted by Gasteiger charge is -2.28. The van der Waals surface area contributed by atoms with Crippen LogP contribution in [0.1, 0.15) is 49.7 Å². The van der Waals surface area contributed by atoms with Crippen LogP contribution in [0.15, 0.2) is 41.8 Å². The number of rotatable bonds is 6. The van der Waals surface area contributed by atoms with Crippen molar-refractivity contribution >= 4 is 11.3 Å². The number of para-hydroxylation sites is 1. The van der Waals surface area contributed by atoms with Crippen LogP contribution in [0.2, 0.25) is 0 Å². The topological polar surface area (TPSA) is 32.3 Å². The monoisotopic (exact) mass is 289 g/mol. The molecule has 0 amide bonds. The van der Waals surface area contributed by atoms with Gasteiger partial charge in [-0.3, -0.25) is 0 Å². The van der Waals surface area contributed by atoms with Crippen molar-refractivity contribution in [2.75, 3.05) is 0 Å². The molecule has 3 heteroatoms. The molecule has 1 aromatic carbocycles. The summed E-state index contributed by atoms with van der Waals surface area (Å²) in [6, 6.07) is 12.4. The molecular formula is C17H23NOS. The SMILES string of the molecule is CCC(NC(c1cccs1)C(C)C)c1ccccc1O. The molecule has 20 heavy (non-hydrogen) atoms. The van der Waals surface area contributed by atoms with Gasteiger partial charge >= 0.3 is 0 Å². The fourth-order valence-electron chi connectivity index (χ4n) is 2.50. The van der Waals surface area contributed by atoms with Gasteiger partial charge in [-0.15, -0.1) is 11.3 Å². The maximum absolute atomic E-state index is 10.1. The van der Waals surface area contributed by atoms with E-state index in [1.165, 1.54) is 4.88 Å². The molecule has 2 N–H and O–H groups in total. The largest absolute Gasteiger partial charge is 0.508 e. The molecule has 0 aliphatic heterocycles. The number of nitrogens with one attached hydrogen (secondary N) is 1. The molecule has 0 aliphatic carbocycles. The highest BCUT2D eigenvalue weighted by molar-refractivity contribution is 7.10. The van der Waals surface area contributed by atoms with Crippen LogP contribution < -0.4 is 5.32 Å². The molecule has 1 aromatic heterocycles. The Hall–Kier alpha value is -1.32. The number of hydrogen-bond donors (Lipinski definition) is 2. The number of aromatic hydroxyl groups is 1. The minimum Gasteiger partial charge on any atom is -0.508 e. The third kappa shape index (κ3) is 3.41. The fraction of sp³-hybridized carbons (Fsp3) is 0.412. The molecule has 2 aromatic rings. The van der Waals surface area contributed by atoms with E-state index in [1.54, 1.807) is 17.4 Å². The Bertz CT molecular complexity index is 522. The highest BCUT2D eigenvalue weighted by Crippen LogP contribution is 2.32. The van der Waals surface area contributed by atoms with E-state index >= 15 is 0 Å². The fourth-order valence-corrected chi connectivity index (χ4v) is 3.46. The van der Waals surface area contributed by atoms with Crippen LogP contribution >= 0.6 is 11.3 Å². The Morgan fingerprint density at radius 1 is 1.15 bits per heavy atom. The standard InChI is InChI=1S/C17H23NOS/c1-4-14(13-8-5-6-9-15(13)19)18-17(12(2)3)16-10-7-11-20-16/h5-12,14,17-19H,4H2,1-3H3. The predicted octanol–water partition coefficient (Wildman–Crippen LogP) is 4.89. The molecule has 0 aliphatic rings. The van der Waals surface area contributed by atoms with E-state index in [2.05, 4.69) is 43.6 Å². The van der Waals surface area contributed by atoms with Gasteiger partial charge in [0.1, 0.15) is 5.75 Å². The normalized spacial score (nSPS) is 14.4. The summed E-state index contributed by atoms with van der Waals surface area (Å²) < 4.78 is 0. The van der Waals surface area contributed by atoms with Crippen molar-refractivity contribution in [1.82, 2.24) is 5.32 Å². The summed E-state index contributed by atoms with van der Waals surface area (Å²) in [6.45, 7) is 6.61. The number of hydrogen-bond acceptors (Lipinski definition) is 3. The molecule has 2 unspecified atom stereocenters. The van der Waals surface area contributed by atoms with Crippen LogP contribution in [0.4, 0.5) is 0 Å². The number of phenols is 1. The third-order valence-electron chi connectivity index (χ3n) is 3.62. The van der Waals surface area contributed by atoms with Crippen LogP contribution in [-0.4, -0.2) is 5.11 Å². The molecule has 2 nitrogen and oxygen atoms in total. The van der Waals surface area contributed by atoms with Gasteiger partial charge in [0.15, 0.2) is 0 Å². The molecule has 0 fully saturated rings. The lowest BCUT2D eigenvalue weighted by molar-refractivity contribution is 0.353. The second-order valence-corrected chi connectivity index (χ2v) is 6.40. The number of phenolic OH excluding ortho intramolecular Hbond substituents is 1. The van der Waals surface area contributed by atoms with E-state index in [0.29, 0.717) is 17.7 Å². The first-order chi connectivity index (χ1) is 9.63. The molecule has 0 spiro atoms. The Balaban J connectivity index is 2.22. The van der Waals surface area contributed by atoms with E-state index in [0.717, 1.165) is 12.0 Å². The number of thiophene rings is 1. The van der Waals surface area contributed by atoms with Gasteiger partial charge in [0.2, 0.25) is 0 Å². The minimum atomic E-state index is 0.172. The van der Waals surface area contributed by atoms with Gasteiger partial charge in [0.25, 0.3) is 0 Å². The smallest absolute Gasteiger partial charge is 0.120 e. The first-order valence-electron chi connectivity index (χ1n) is 7.20. The highest BCUT2D eigenvalue weighted by Gasteiger charge is 2.22. The quantitative estimate of drug-likeness (QED) is 0.793. The average Bonchev–Trinajstić information content (AvgIpc) is 2.94. The van der Waals surface area contributed by atoms with Crippen molar-refractivity contribution in [3.63, 3.8) is 0 Å². The van der Waals surface area contributed by atoms with Crippen molar-refractivity contribution in [1.29, 1.82) is 0 Å². The van der Waals surface area contributed by atoms with E-state index in [-0.39, 0.29) is 6.04 Å². The molecule has 0 saturated heterocycles. The molecule has 2 atom stereocenters. The second-order valence-electron chi connectivity index (χ2n) is 5.42. The maximum atomic E-state index is 10.1. The van der Waals surface area contributed by atoms with Crippen molar-refractivity contribution in [2.45, 2.75) is 39.3 Å². The first kappa shape index (κ1) is 15.1. The zero-order chi connectivity index (χ0) is 14.5. The van der Waals surface area contributed by atoms with E-state index < -0.39 is 0 Å². The Morgan fingerprint density at radius 2 is 1.90 bits per heavy atom. The summed E-state index contributed by atoms with van der Waals surface area (Å²) in [5, 5.41) is 15.9. The van der Waals surface area contributed by atoms with E-state index in [1.807, 2.05) is 18.2 Å². The van der Waals surface area contributed by atoms with Crippen LogP contribution in [-0.2, 0) is 0 Å². The molecule has 2 rings (SSSR count). The Morgan fingerprint density at radius 3 is 2.45 bits per heavy atom. The molecule has 1 heterocycles. The molecular weight excluding hydrogens is 266 g/mol. The van der Waals surface area contributed by atoms with Gasteiger partial charge in [0.05, 0.1) is 0 Å². The second kappa shape index (κ2) is 6.91. The third-order valence-corrected chi connectivity index (χ3v) is 4.57. The van der Waals surface area contributed by atoms with Crippen LogP contribution in [0.3, 0.4) is 0 Å². The molecule has 0 saturated carbocycles. The van der Waals surface area contributed by atoms with Gasteiger partial charge in [-0.1, -0.05) is 45.0 Å². The highest BCUT2D eigenvalue weighted by atomic mass is 32.1. The first-order valence-corrected chi connectivity index (χ1v) is 8.08. The van der Waals surface area contributed by atoms with Gasteiger partial charge in [0, 0.05) is 22.5 Å². The van der Waals surface area contributed by atoms with Crippen molar-refractivity contribution in [3.8, 4) is 5.75 Å². The van der Waals surface area contributed by atoms with E-state index in [9.17, 15) is 5.11 Å². The summed E-state index contributed by atoms with van der Waals surface area (Å²) >= 11 is 1.79. The molecule has 0 bridgehead atoms. The summed E-state index contributed by atoms with van der Waals surface area (Å²) in [5.74, 6) is 0.883. The van der Waals surface area contributed by atoms with Crippen molar-refractivity contribution in [2.24, 2.45) is 5.92 Å². The lowest BCUT2D eigenvalue weighted by atomic mass is 9.97. The van der Waals surface area contributed by atoms with Gasteiger partial charge in [-0.2, -0.15) is 0 Å². The van der Waals surface area contributed by atoms with Crippen molar-refractivity contribution in [3.05, 3.63) is 52.2 Å². The lowest BCUT2D eigenvalue weighted by Crippen LogP contribution is -2.29. The zero-order valence-electron chi connectivity index (χ0n) is 12.3. The summed E-state index contributed by atoms with van der Waals surface area (Å²) in [6.07, 6.45) is 0.951. The van der Waals surface area contributed by atoms with Crippen molar-refractivity contribution < 1.29 is 5.11 Å². The van der Waals surface area contributed by atoms with Gasteiger partial charge in [-0.25, -0.2) is 0 Å². The minimum absolute atomic E-state index is 0.172. The Labute approximate surface area is 125 Å². The molecule has 0 radical (unpaired) electrons. The van der Waals surface area contributed by atoms with Crippen LogP contribution in [0.25, 0.3) is 0 Å². The van der Waals surface area contributed by atoms with E-state index in [4.69, 9.17) is 0 Å². The summed E-state index contributed by atoms with van der Waals surface area (Å²) in [5.41, 5.74) is 0.984. The average molecular weight is 289 g/mol. The van der Waals surface area contributed by atoms with Gasteiger partial charge < -0.3 is 10.4 Å². The van der Waals surface area contributed by atoms with Gasteiger partial charge in [-0.05, 0) is 29.9 Å². The predicted molar refractivity (Wildman–Crippen MR) is 86.2 cm³/mol. The summed E-state index contributed by atoms with van der Waals surface area (Å²) in [4.78, 5) is 1.36. The zero-order valence-corrected chi connectivity index (χ0v) is 13.2. The van der Waals surface area contributed by atoms with Crippen LogP contribution in [0.5, 0.6) is 5.75 Å². The Kier molecular flexibility index (Phi) is 5.21.